The lowest BCUT2D eigenvalue weighted by Gasteiger charge is -2.37. The SMILES string of the molecule is CC[N+](CC)(CC)c1ccccc1CN1C(=Cc2sc3ccc4ccccc4c3[n+]2Cc2ccccc2[N+](CC)(CC)CC)Sc2ccc(-c3ccccc3)cc21. The predicted molar refractivity (Wildman–Crippen MR) is 250 cm³/mol. The zero-order valence-corrected chi connectivity index (χ0v) is 36.2. The van der Waals surface area contributed by atoms with E-state index in [1.54, 1.807) is 0 Å². The third kappa shape index (κ3) is 7.12. The fraction of sp³-hybridized carbons (Fsp3) is 0.275. The molecule has 0 spiro atoms. The highest BCUT2D eigenvalue weighted by Gasteiger charge is 2.34. The van der Waals surface area contributed by atoms with Crippen molar-refractivity contribution in [3.63, 3.8) is 0 Å². The lowest BCUT2D eigenvalue weighted by Crippen LogP contribution is -2.50. The van der Waals surface area contributed by atoms with Crippen molar-refractivity contribution in [1.29, 1.82) is 0 Å². The van der Waals surface area contributed by atoms with Crippen LogP contribution in [0.3, 0.4) is 0 Å². The minimum absolute atomic E-state index is 0.806. The first-order chi connectivity index (χ1) is 27.9. The van der Waals surface area contributed by atoms with Crippen LogP contribution in [0, 0.1) is 0 Å². The predicted octanol–water partition coefficient (Wildman–Crippen LogP) is 12.9. The number of thioether (sulfide) groups is 1. The Labute approximate surface area is 348 Å². The summed E-state index contributed by atoms with van der Waals surface area (Å²) in [5, 5.41) is 5.13. The molecule has 0 bridgehead atoms. The molecule has 1 aliphatic heterocycles. The molecule has 2 heterocycles. The van der Waals surface area contributed by atoms with Gasteiger partial charge in [-0.3, -0.25) is 8.97 Å². The molecule has 1 aliphatic rings. The van der Waals surface area contributed by atoms with Crippen LogP contribution in [-0.2, 0) is 13.1 Å². The van der Waals surface area contributed by atoms with Gasteiger partial charge in [0.25, 0.3) is 5.01 Å². The summed E-state index contributed by atoms with van der Waals surface area (Å²) in [5.74, 6) is 0. The number of thiazole rings is 1. The summed E-state index contributed by atoms with van der Waals surface area (Å²) in [4.78, 5) is 3.91. The van der Waals surface area contributed by atoms with E-state index in [4.69, 9.17) is 0 Å². The minimum atomic E-state index is 0.806. The number of hydrogen-bond donors (Lipinski definition) is 0. The molecule has 0 fully saturated rings. The van der Waals surface area contributed by atoms with Crippen LogP contribution in [0.25, 0.3) is 38.2 Å². The number of rotatable bonds is 14. The Balaban J connectivity index is 1.33. The van der Waals surface area contributed by atoms with Crippen molar-refractivity contribution >= 4 is 67.2 Å². The van der Waals surface area contributed by atoms with E-state index in [0.717, 1.165) is 61.3 Å². The molecule has 0 saturated carbocycles. The standard InChI is InChI=1S/C51H57N4S2/c1-7-54(8-2,9-3)45-28-20-17-25-41(45)36-52-44-34-40(38-22-14-13-15-23-38)31-32-47(44)56-49(52)35-50-53(51-43-27-19-16-24-39(43)30-33-48(51)57-50)37-42-26-18-21-29-46(42)55(10-4,11-5)12-6/h13-35H,7-12,36-37H2,1-6H3/q+3. The van der Waals surface area contributed by atoms with Crippen LogP contribution in [-0.4, -0.2) is 39.3 Å². The molecule has 7 aromatic rings. The number of benzene rings is 6. The molecular formula is C51H57N4S2+3. The zero-order chi connectivity index (χ0) is 39.6. The maximum absolute atomic E-state index is 2.63. The van der Waals surface area contributed by atoms with Crippen LogP contribution >= 0.6 is 23.1 Å². The third-order valence-electron chi connectivity index (χ3n) is 13.0. The summed E-state index contributed by atoms with van der Waals surface area (Å²) in [6.45, 7) is 22.1. The first kappa shape index (κ1) is 39.1. The molecule has 6 heteroatoms. The maximum atomic E-state index is 2.63. The van der Waals surface area contributed by atoms with Gasteiger partial charge in [-0.2, -0.15) is 4.57 Å². The van der Waals surface area contributed by atoms with Crippen molar-refractivity contribution in [2.24, 2.45) is 0 Å². The monoisotopic (exact) mass is 789 g/mol. The lowest BCUT2D eigenvalue weighted by atomic mass is 10.0. The van der Waals surface area contributed by atoms with Gasteiger partial charge in [-0.25, -0.2) is 0 Å². The number of fused-ring (bicyclic) bond motifs is 4. The summed E-state index contributed by atoms with van der Waals surface area (Å²) < 4.78 is 5.90. The number of hydrogen-bond acceptors (Lipinski definition) is 3. The first-order valence-corrected chi connectivity index (χ1v) is 22.6. The van der Waals surface area contributed by atoms with Gasteiger partial charge in [0.05, 0.1) is 73.6 Å². The van der Waals surface area contributed by atoms with Crippen molar-refractivity contribution < 1.29 is 4.57 Å². The molecule has 8 rings (SSSR count). The van der Waals surface area contributed by atoms with Gasteiger partial charge in [0, 0.05) is 10.5 Å². The highest BCUT2D eigenvalue weighted by molar-refractivity contribution is 8.03. The van der Waals surface area contributed by atoms with Gasteiger partial charge in [-0.05, 0) is 101 Å². The van der Waals surface area contributed by atoms with Gasteiger partial charge < -0.3 is 4.90 Å². The molecule has 0 amide bonds. The Hall–Kier alpha value is -4.72. The Morgan fingerprint density at radius 2 is 1.18 bits per heavy atom. The van der Waals surface area contributed by atoms with Crippen molar-refractivity contribution in [1.82, 2.24) is 8.97 Å². The summed E-state index contributed by atoms with van der Waals surface area (Å²) in [6, 6.07) is 49.9. The Morgan fingerprint density at radius 3 is 1.86 bits per heavy atom. The van der Waals surface area contributed by atoms with Gasteiger partial charge in [-0.1, -0.05) is 114 Å². The molecule has 1 aromatic heterocycles. The molecule has 4 nitrogen and oxygen atoms in total. The second-order valence-corrected chi connectivity index (χ2v) is 17.4. The molecule has 0 saturated heterocycles. The largest absolute Gasteiger partial charge is 0.330 e. The Morgan fingerprint density at radius 1 is 0.579 bits per heavy atom. The molecule has 290 valence electrons. The van der Waals surface area contributed by atoms with Crippen LogP contribution in [0.1, 0.15) is 57.7 Å². The van der Waals surface area contributed by atoms with Crippen molar-refractivity contribution in [3.8, 4) is 11.1 Å². The molecule has 0 atom stereocenters. The van der Waals surface area contributed by atoms with Gasteiger partial charge in [0.1, 0.15) is 16.1 Å². The van der Waals surface area contributed by atoms with E-state index in [2.05, 4.69) is 191 Å². The van der Waals surface area contributed by atoms with E-state index in [1.165, 1.54) is 75.2 Å². The van der Waals surface area contributed by atoms with Gasteiger partial charge in [0.15, 0.2) is 6.54 Å². The van der Waals surface area contributed by atoms with E-state index < -0.39 is 0 Å². The van der Waals surface area contributed by atoms with Gasteiger partial charge in [0.2, 0.25) is 5.52 Å². The molecule has 0 radical (unpaired) electrons. The molecular weight excluding hydrogens is 733 g/mol. The molecule has 0 N–H and O–H groups in total. The summed E-state index contributed by atoms with van der Waals surface area (Å²) in [7, 11) is 0. The summed E-state index contributed by atoms with van der Waals surface area (Å²) in [6.07, 6.45) is 2.50. The third-order valence-corrected chi connectivity index (χ3v) is 15.2. The number of nitrogens with zero attached hydrogens (tertiary/aromatic N) is 4. The van der Waals surface area contributed by atoms with Gasteiger partial charge >= 0.3 is 0 Å². The van der Waals surface area contributed by atoms with Crippen molar-refractivity contribution in [2.75, 3.05) is 44.2 Å². The van der Waals surface area contributed by atoms with Crippen molar-refractivity contribution in [2.45, 2.75) is 59.5 Å². The van der Waals surface area contributed by atoms with E-state index in [0.29, 0.717) is 0 Å². The van der Waals surface area contributed by atoms with E-state index in [9.17, 15) is 0 Å². The Bertz CT molecular complexity index is 2530. The topological polar surface area (TPSA) is 7.12 Å². The number of quaternary nitrogens is 2. The summed E-state index contributed by atoms with van der Waals surface area (Å²) in [5.41, 5.74) is 10.8. The van der Waals surface area contributed by atoms with Crippen LogP contribution in [0.2, 0.25) is 0 Å². The molecule has 0 unspecified atom stereocenters. The fourth-order valence-electron chi connectivity index (χ4n) is 9.34. The fourth-order valence-corrected chi connectivity index (χ4v) is 11.6. The van der Waals surface area contributed by atoms with Crippen LogP contribution in [0.15, 0.2) is 143 Å². The van der Waals surface area contributed by atoms with E-state index in [1.807, 2.05) is 23.1 Å². The van der Waals surface area contributed by atoms with Crippen LogP contribution < -0.4 is 18.4 Å². The van der Waals surface area contributed by atoms with Crippen LogP contribution in [0.4, 0.5) is 17.1 Å². The number of para-hydroxylation sites is 2. The highest BCUT2D eigenvalue weighted by Crippen LogP contribution is 2.50. The maximum Gasteiger partial charge on any atom is 0.265 e. The van der Waals surface area contributed by atoms with E-state index in [-0.39, 0.29) is 0 Å². The quantitative estimate of drug-likeness (QED) is 0.0800. The average molecular weight is 790 g/mol. The van der Waals surface area contributed by atoms with Crippen molar-refractivity contribution in [3.05, 3.63) is 155 Å². The minimum Gasteiger partial charge on any atom is -0.330 e. The zero-order valence-electron chi connectivity index (χ0n) is 34.5. The lowest BCUT2D eigenvalue weighted by molar-refractivity contribution is -0.658. The van der Waals surface area contributed by atoms with Gasteiger partial charge in [-0.15, -0.1) is 0 Å². The molecule has 57 heavy (non-hydrogen) atoms. The normalized spacial score (nSPS) is 13.9. The first-order valence-electron chi connectivity index (χ1n) is 21.0. The smallest absolute Gasteiger partial charge is 0.265 e. The average Bonchev–Trinajstić information content (AvgIpc) is 3.80. The molecule has 6 aromatic carbocycles. The second kappa shape index (κ2) is 16.6. The number of anilines is 1. The van der Waals surface area contributed by atoms with E-state index >= 15 is 0 Å². The number of aromatic nitrogens is 1. The Kier molecular flexibility index (Phi) is 11.4. The van der Waals surface area contributed by atoms with Crippen LogP contribution in [0.5, 0.6) is 0 Å². The summed E-state index contributed by atoms with van der Waals surface area (Å²) >= 11 is 3.83. The molecule has 0 aliphatic carbocycles. The highest BCUT2D eigenvalue weighted by atomic mass is 32.2. The second-order valence-electron chi connectivity index (χ2n) is 15.3.